The maximum absolute atomic E-state index is 12.0. The molecule has 1 amide bonds. The van der Waals surface area contributed by atoms with E-state index in [9.17, 15) is 4.79 Å². The van der Waals surface area contributed by atoms with Crippen LogP contribution in [0, 0.1) is 0 Å². The standard InChI is InChI=1S/C22H24N4O3/c27-22(18-10-6-13-23-18)24-14-12-20-25-21(26-29-20)17-9-4-5-11-19(17)28-15-16-7-2-1-3-8-16/h1-5,7-9,11,18,23H,6,10,12-15H2,(H,24,27). The molecule has 0 saturated carbocycles. The van der Waals surface area contributed by atoms with Gasteiger partial charge in [0, 0.05) is 13.0 Å². The number of nitrogens with one attached hydrogen (secondary N) is 2. The average molecular weight is 392 g/mol. The molecule has 3 aromatic rings. The van der Waals surface area contributed by atoms with Gasteiger partial charge < -0.3 is 19.9 Å². The summed E-state index contributed by atoms with van der Waals surface area (Å²) in [5.74, 6) is 1.69. The van der Waals surface area contributed by atoms with Crippen LogP contribution in [0.4, 0.5) is 0 Å². The van der Waals surface area contributed by atoms with Gasteiger partial charge in [-0.15, -0.1) is 0 Å². The van der Waals surface area contributed by atoms with E-state index in [1.165, 1.54) is 0 Å². The first-order valence-electron chi connectivity index (χ1n) is 9.89. The van der Waals surface area contributed by atoms with Gasteiger partial charge in [0.1, 0.15) is 12.4 Å². The Balaban J connectivity index is 1.35. The highest BCUT2D eigenvalue weighted by Gasteiger charge is 2.21. The summed E-state index contributed by atoms with van der Waals surface area (Å²) in [4.78, 5) is 16.5. The fourth-order valence-electron chi connectivity index (χ4n) is 3.30. The molecule has 2 N–H and O–H groups in total. The third-order valence-corrected chi connectivity index (χ3v) is 4.85. The number of amides is 1. The Labute approximate surface area is 169 Å². The van der Waals surface area contributed by atoms with E-state index in [1.54, 1.807) is 0 Å². The lowest BCUT2D eigenvalue weighted by molar-refractivity contribution is -0.122. The van der Waals surface area contributed by atoms with Crippen LogP contribution < -0.4 is 15.4 Å². The molecular formula is C22H24N4O3. The number of aromatic nitrogens is 2. The van der Waals surface area contributed by atoms with E-state index >= 15 is 0 Å². The van der Waals surface area contributed by atoms with Crippen molar-refractivity contribution in [2.45, 2.75) is 31.9 Å². The second-order valence-corrected chi connectivity index (χ2v) is 6.97. The van der Waals surface area contributed by atoms with Gasteiger partial charge in [-0.25, -0.2) is 0 Å². The summed E-state index contributed by atoms with van der Waals surface area (Å²) in [6.07, 6.45) is 2.41. The molecular weight excluding hydrogens is 368 g/mol. The fourth-order valence-corrected chi connectivity index (χ4v) is 3.30. The highest BCUT2D eigenvalue weighted by Crippen LogP contribution is 2.28. The predicted octanol–water partition coefficient (Wildman–Crippen LogP) is 2.73. The van der Waals surface area contributed by atoms with Crippen molar-refractivity contribution in [1.29, 1.82) is 0 Å². The Morgan fingerprint density at radius 1 is 1.17 bits per heavy atom. The zero-order chi connectivity index (χ0) is 19.9. The van der Waals surface area contributed by atoms with Crippen molar-refractivity contribution in [3.05, 3.63) is 66.1 Å². The first-order chi connectivity index (χ1) is 14.3. The van der Waals surface area contributed by atoms with Crippen LogP contribution in [0.5, 0.6) is 5.75 Å². The van der Waals surface area contributed by atoms with E-state index in [1.807, 2.05) is 54.6 Å². The second-order valence-electron chi connectivity index (χ2n) is 6.97. The number of carbonyl (C=O) groups is 1. The monoisotopic (exact) mass is 392 g/mol. The summed E-state index contributed by atoms with van der Waals surface area (Å²) in [7, 11) is 0. The van der Waals surface area contributed by atoms with Crippen molar-refractivity contribution in [2.24, 2.45) is 0 Å². The molecule has 1 atom stereocenters. The number of nitrogens with zero attached hydrogens (tertiary/aromatic N) is 2. The van der Waals surface area contributed by atoms with E-state index in [0.29, 0.717) is 37.0 Å². The number of rotatable bonds is 8. The van der Waals surface area contributed by atoms with Crippen LogP contribution in [0.15, 0.2) is 59.1 Å². The number of hydrogen-bond donors (Lipinski definition) is 2. The number of para-hydroxylation sites is 1. The molecule has 0 aliphatic carbocycles. The number of carbonyl (C=O) groups excluding carboxylic acids is 1. The molecule has 150 valence electrons. The van der Waals surface area contributed by atoms with Gasteiger partial charge in [0.15, 0.2) is 0 Å². The molecule has 0 radical (unpaired) electrons. The summed E-state index contributed by atoms with van der Waals surface area (Å²) in [6.45, 7) is 1.82. The third kappa shape index (κ3) is 5.00. The normalized spacial score (nSPS) is 15.9. The van der Waals surface area contributed by atoms with Crippen molar-refractivity contribution in [2.75, 3.05) is 13.1 Å². The first kappa shape index (κ1) is 19.1. The summed E-state index contributed by atoms with van der Waals surface area (Å²) in [5, 5.41) is 10.2. The minimum absolute atomic E-state index is 0.0295. The lowest BCUT2D eigenvalue weighted by atomic mass is 10.2. The quantitative estimate of drug-likeness (QED) is 0.613. The van der Waals surface area contributed by atoms with E-state index in [-0.39, 0.29) is 11.9 Å². The molecule has 7 nitrogen and oxygen atoms in total. The molecule has 1 unspecified atom stereocenters. The second kappa shape index (κ2) is 9.34. The van der Waals surface area contributed by atoms with E-state index in [0.717, 1.165) is 30.5 Å². The maximum Gasteiger partial charge on any atom is 0.237 e. The molecule has 1 saturated heterocycles. The minimum atomic E-state index is -0.0816. The van der Waals surface area contributed by atoms with Crippen LogP contribution in [0.1, 0.15) is 24.3 Å². The van der Waals surface area contributed by atoms with Gasteiger partial charge in [0.05, 0.1) is 11.6 Å². The molecule has 1 fully saturated rings. The van der Waals surface area contributed by atoms with E-state index in [2.05, 4.69) is 20.8 Å². The highest BCUT2D eigenvalue weighted by molar-refractivity contribution is 5.81. The van der Waals surface area contributed by atoms with Crippen LogP contribution in [0.25, 0.3) is 11.4 Å². The van der Waals surface area contributed by atoms with Gasteiger partial charge >= 0.3 is 0 Å². The predicted molar refractivity (Wildman–Crippen MR) is 108 cm³/mol. The third-order valence-electron chi connectivity index (χ3n) is 4.85. The summed E-state index contributed by atoms with van der Waals surface area (Å²) < 4.78 is 11.3. The average Bonchev–Trinajstić information content (AvgIpc) is 3.46. The van der Waals surface area contributed by atoms with E-state index in [4.69, 9.17) is 9.26 Å². The SMILES string of the molecule is O=C(NCCc1nc(-c2ccccc2OCc2ccccc2)no1)C1CCCN1. The van der Waals surface area contributed by atoms with E-state index < -0.39 is 0 Å². The van der Waals surface area contributed by atoms with Gasteiger partial charge in [-0.3, -0.25) is 4.79 Å². The van der Waals surface area contributed by atoms with Gasteiger partial charge in [-0.05, 0) is 37.1 Å². The van der Waals surface area contributed by atoms with Gasteiger partial charge in [0.25, 0.3) is 0 Å². The number of hydrogen-bond acceptors (Lipinski definition) is 6. The van der Waals surface area contributed by atoms with Gasteiger partial charge in [-0.1, -0.05) is 47.6 Å². The zero-order valence-electron chi connectivity index (χ0n) is 16.1. The lowest BCUT2D eigenvalue weighted by Gasteiger charge is -2.09. The van der Waals surface area contributed by atoms with Crippen molar-refractivity contribution in [3.8, 4) is 17.1 Å². The topological polar surface area (TPSA) is 89.3 Å². The van der Waals surface area contributed by atoms with Crippen LogP contribution in [-0.4, -0.2) is 35.2 Å². The Morgan fingerprint density at radius 3 is 2.83 bits per heavy atom. The summed E-state index contributed by atoms with van der Waals surface area (Å²) in [5.41, 5.74) is 1.86. The molecule has 0 spiro atoms. The molecule has 4 rings (SSSR count). The van der Waals surface area contributed by atoms with Crippen molar-refractivity contribution in [1.82, 2.24) is 20.8 Å². The number of benzene rings is 2. The maximum atomic E-state index is 12.0. The molecule has 1 aliphatic heterocycles. The van der Waals surface area contributed by atoms with Crippen LogP contribution >= 0.6 is 0 Å². The molecule has 0 bridgehead atoms. The number of ether oxygens (including phenoxy) is 1. The zero-order valence-corrected chi connectivity index (χ0v) is 16.1. The molecule has 1 aromatic heterocycles. The van der Waals surface area contributed by atoms with Crippen molar-refractivity contribution < 1.29 is 14.1 Å². The van der Waals surface area contributed by atoms with Gasteiger partial charge in [0.2, 0.25) is 17.6 Å². The van der Waals surface area contributed by atoms with Crippen molar-refractivity contribution in [3.63, 3.8) is 0 Å². The lowest BCUT2D eigenvalue weighted by Crippen LogP contribution is -2.41. The minimum Gasteiger partial charge on any atom is -0.488 e. The largest absolute Gasteiger partial charge is 0.488 e. The Kier molecular flexibility index (Phi) is 6.16. The van der Waals surface area contributed by atoms with Crippen molar-refractivity contribution >= 4 is 5.91 Å². The fraction of sp³-hybridized carbons (Fsp3) is 0.318. The van der Waals surface area contributed by atoms with Gasteiger partial charge in [-0.2, -0.15) is 4.98 Å². The Bertz CT molecular complexity index is 936. The molecule has 29 heavy (non-hydrogen) atoms. The molecule has 2 heterocycles. The highest BCUT2D eigenvalue weighted by atomic mass is 16.5. The first-order valence-corrected chi connectivity index (χ1v) is 9.89. The van der Waals surface area contributed by atoms with Crippen LogP contribution in [-0.2, 0) is 17.8 Å². The summed E-state index contributed by atoms with van der Waals surface area (Å²) >= 11 is 0. The van der Waals surface area contributed by atoms with Crippen LogP contribution in [0.2, 0.25) is 0 Å². The van der Waals surface area contributed by atoms with Crippen LogP contribution in [0.3, 0.4) is 0 Å². The smallest absolute Gasteiger partial charge is 0.237 e. The molecule has 7 heteroatoms. The molecule has 2 aromatic carbocycles. The molecule has 1 aliphatic rings. The Morgan fingerprint density at radius 2 is 2.00 bits per heavy atom. The summed E-state index contributed by atoms with van der Waals surface area (Å²) in [6, 6.07) is 17.5. The Hall–Kier alpha value is -3.19.